The van der Waals surface area contributed by atoms with Crippen molar-refractivity contribution in [3.8, 4) is 0 Å². The number of hydrogen-bond acceptors (Lipinski definition) is 6. The Bertz CT molecular complexity index is 1170. The van der Waals surface area contributed by atoms with Gasteiger partial charge < -0.3 is 10.6 Å². The van der Waals surface area contributed by atoms with Gasteiger partial charge in [0.05, 0.1) is 10.4 Å². The zero-order valence-electron chi connectivity index (χ0n) is 16.3. The summed E-state index contributed by atoms with van der Waals surface area (Å²) in [5.74, 6) is -0.393. The third-order valence-corrected chi connectivity index (χ3v) is 7.55. The quantitative estimate of drug-likeness (QED) is 0.274. The fourth-order valence-corrected chi connectivity index (χ4v) is 5.43. The molecule has 1 aliphatic carbocycles. The predicted octanol–water partition coefficient (Wildman–Crippen LogP) is 6.43. The molecule has 0 radical (unpaired) electrons. The van der Waals surface area contributed by atoms with E-state index >= 15 is 0 Å². The number of fused-ring (bicyclic) bond motifs is 1. The standard InChI is InChI=1S/C20H17Cl2F3N4OS2/c21-15-16(32-29-17(15)22)18(30)26-10-4-3-7-19(31,9-10)28-13-8-14(20(23,24)25)27-12-6-2-1-5-11(12)13/h1-2,5-6,8,10,31H,3-4,7,9H2,(H,26,30)(H,27,28)/t10-,19+/m1/s1. The lowest BCUT2D eigenvalue weighted by Gasteiger charge is -2.39. The molecule has 3 aromatic rings. The number of carbonyl (C=O) groups is 1. The number of hydrogen-bond donors (Lipinski definition) is 3. The Morgan fingerprint density at radius 3 is 2.72 bits per heavy atom. The summed E-state index contributed by atoms with van der Waals surface area (Å²) in [6.07, 6.45) is -2.17. The smallest absolute Gasteiger partial charge is 0.370 e. The average molecular weight is 521 g/mol. The van der Waals surface area contributed by atoms with Gasteiger partial charge in [-0.3, -0.25) is 4.79 Å². The second kappa shape index (κ2) is 8.89. The summed E-state index contributed by atoms with van der Waals surface area (Å²) < 4.78 is 44.0. The van der Waals surface area contributed by atoms with Crippen LogP contribution in [0.4, 0.5) is 18.9 Å². The number of pyridine rings is 1. The summed E-state index contributed by atoms with van der Waals surface area (Å²) in [5, 5.41) is 6.83. The van der Waals surface area contributed by atoms with Crippen molar-refractivity contribution in [3.63, 3.8) is 0 Å². The van der Waals surface area contributed by atoms with Gasteiger partial charge >= 0.3 is 6.18 Å². The number of rotatable bonds is 4. The monoisotopic (exact) mass is 520 g/mol. The molecular formula is C20H17Cl2F3N4OS2. The Kier molecular flexibility index (Phi) is 6.50. The Balaban J connectivity index is 1.57. The van der Waals surface area contributed by atoms with Gasteiger partial charge in [0.25, 0.3) is 5.91 Å². The molecule has 0 saturated heterocycles. The van der Waals surface area contributed by atoms with E-state index in [-0.39, 0.29) is 26.6 Å². The van der Waals surface area contributed by atoms with Gasteiger partial charge in [-0.1, -0.05) is 41.4 Å². The number of amides is 1. The molecule has 12 heteroatoms. The minimum atomic E-state index is -4.58. The second-order valence-corrected chi connectivity index (χ2v) is 9.98. The Morgan fingerprint density at radius 1 is 1.28 bits per heavy atom. The van der Waals surface area contributed by atoms with E-state index in [1.807, 2.05) is 0 Å². The number of halogens is 5. The fourth-order valence-electron chi connectivity index (χ4n) is 3.82. The molecule has 4 rings (SSSR count). The van der Waals surface area contributed by atoms with Crippen LogP contribution < -0.4 is 10.6 Å². The van der Waals surface area contributed by atoms with Gasteiger partial charge in [0.2, 0.25) is 0 Å². The lowest BCUT2D eigenvalue weighted by Crippen LogP contribution is -2.46. The minimum absolute atomic E-state index is 0.0701. The van der Waals surface area contributed by atoms with Crippen molar-refractivity contribution in [2.24, 2.45) is 0 Å². The molecule has 2 N–H and O–H groups in total. The minimum Gasteiger partial charge on any atom is -0.370 e. The molecule has 0 unspecified atom stereocenters. The summed E-state index contributed by atoms with van der Waals surface area (Å²) in [4.78, 5) is 15.7. The van der Waals surface area contributed by atoms with Gasteiger partial charge in [-0.2, -0.15) is 30.2 Å². The maximum absolute atomic E-state index is 13.4. The molecular weight excluding hydrogens is 504 g/mol. The van der Waals surface area contributed by atoms with Crippen molar-refractivity contribution in [2.45, 2.75) is 42.8 Å². The summed E-state index contributed by atoms with van der Waals surface area (Å²) in [5.41, 5.74) is -0.450. The highest BCUT2D eigenvalue weighted by atomic mass is 35.5. The van der Waals surface area contributed by atoms with Crippen LogP contribution in [0.25, 0.3) is 10.9 Å². The van der Waals surface area contributed by atoms with Crippen molar-refractivity contribution >= 4 is 69.9 Å². The zero-order valence-corrected chi connectivity index (χ0v) is 19.6. The Hall–Kier alpha value is -1.75. The highest BCUT2D eigenvalue weighted by Crippen LogP contribution is 2.39. The first-order valence-corrected chi connectivity index (χ1v) is 11.6. The third kappa shape index (κ3) is 4.93. The molecule has 1 aromatic carbocycles. The van der Waals surface area contributed by atoms with Crippen LogP contribution in [0.1, 0.15) is 41.0 Å². The average Bonchev–Trinajstić information content (AvgIpc) is 3.05. The van der Waals surface area contributed by atoms with Crippen LogP contribution >= 0.6 is 47.4 Å². The summed E-state index contributed by atoms with van der Waals surface area (Å²) >= 11 is 17.5. The van der Waals surface area contributed by atoms with Crippen LogP contribution in [0.15, 0.2) is 30.3 Å². The van der Waals surface area contributed by atoms with E-state index in [2.05, 4.69) is 20.0 Å². The van der Waals surface area contributed by atoms with Gasteiger partial charge in [0.15, 0.2) is 5.15 Å². The van der Waals surface area contributed by atoms with Crippen LogP contribution in [0.3, 0.4) is 0 Å². The van der Waals surface area contributed by atoms with Crippen molar-refractivity contribution in [2.75, 3.05) is 5.32 Å². The van der Waals surface area contributed by atoms with Gasteiger partial charge in [-0.15, -0.1) is 0 Å². The molecule has 1 amide bonds. The summed E-state index contributed by atoms with van der Waals surface area (Å²) in [6, 6.07) is 7.37. The Labute approximate surface area is 201 Å². The largest absolute Gasteiger partial charge is 0.433 e. The molecule has 2 heterocycles. The topological polar surface area (TPSA) is 66.9 Å². The van der Waals surface area contributed by atoms with E-state index in [0.29, 0.717) is 36.8 Å². The van der Waals surface area contributed by atoms with Crippen LogP contribution in [0.2, 0.25) is 10.2 Å². The maximum Gasteiger partial charge on any atom is 0.433 e. The number of alkyl halides is 3. The molecule has 5 nitrogen and oxygen atoms in total. The van der Waals surface area contributed by atoms with Crippen LogP contribution in [0.5, 0.6) is 0 Å². The first-order chi connectivity index (χ1) is 15.1. The number of benzene rings is 1. The molecule has 170 valence electrons. The number of carbonyl (C=O) groups excluding carboxylic acids is 1. The van der Waals surface area contributed by atoms with Gasteiger partial charge in [0, 0.05) is 17.1 Å². The van der Waals surface area contributed by atoms with E-state index in [1.165, 1.54) is 6.07 Å². The van der Waals surface area contributed by atoms with Crippen LogP contribution in [-0.4, -0.2) is 26.2 Å². The Morgan fingerprint density at radius 2 is 2.03 bits per heavy atom. The van der Waals surface area contributed by atoms with Crippen molar-refractivity contribution in [3.05, 3.63) is 51.1 Å². The normalized spacial score (nSPS) is 21.5. The molecule has 0 spiro atoms. The van der Waals surface area contributed by atoms with Crippen LogP contribution in [-0.2, 0) is 6.18 Å². The van der Waals surface area contributed by atoms with E-state index in [4.69, 9.17) is 35.8 Å². The number of nitrogens with one attached hydrogen (secondary N) is 2. The van der Waals surface area contributed by atoms with Gasteiger partial charge in [0.1, 0.15) is 15.6 Å². The van der Waals surface area contributed by atoms with Crippen molar-refractivity contribution in [1.82, 2.24) is 14.7 Å². The number of para-hydroxylation sites is 1. The van der Waals surface area contributed by atoms with Gasteiger partial charge in [-0.05, 0) is 49.3 Å². The third-order valence-electron chi connectivity index (χ3n) is 5.24. The van der Waals surface area contributed by atoms with Crippen LogP contribution in [0, 0.1) is 0 Å². The summed E-state index contributed by atoms with van der Waals surface area (Å²) in [7, 11) is 0. The van der Waals surface area contributed by atoms with E-state index in [0.717, 1.165) is 17.6 Å². The molecule has 2 atom stereocenters. The second-order valence-electron chi connectivity index (χ2n) is 7.61. The lowest BCUT2D eigenvalue weighted by molar-refractivity contribution is -0.140. The molecule has 32 heavy (non-hydrogen) atoms. The number of anilines is 1. The number of aromatic nitrogens is 2. The fraction of sp³-hybridized carbons (Fsp3) is 0.350. The number of thiol groups is 1. The van der Waals surface area contributed by atoms with Crippen molar-refractivity contribution < 1.29 is 18.0 Å². The summed E-state index contributed by atoms with van der Waals surface area (Å²) in [6.45, 7) is 0. The van der Waals surface area contributed by atoms with E-state index in [1.54, 1.807) is 18.2 Å². The highest BCUT2D eigenvalue weighted by molar-refractivity contribution is 7.82. The number of nitrogens with zero attached hydrogens (tertiary/aromatic N) is 2. The SMILES string of the molecule is O=C(N[C@@H]1CCC[C@@](S)(Nc2cc(C(F)(F)F)nc3ccccc23)C1)c1snc(Cl)c1Cl. The molecule has 2 aromatic heterocycles. The molecule has 0 bridgehead atoms. The molecule has 1 aliphatic rings. The van der Waals surface area contributed by atoms with E-state index in [9.17, 15) is 18.0 Å². The maximum atomic E-state index is 13.4. The first kappa shape index (κ1) is 23.4. The van der Waals surface area contributed by atoms with E-state index < -0.39 is 22.6 Å². The lowest BCUT2D eigenvalue weighted by atomic mass is 9.89. The van der Waals surface area contributed by atoms with Crippen molar-refractivity contribution in [1.29, 1.82) is 0 Å². The predicted molar refractivity (Wildman–Crippen MR) is 124 cm³/mol. The molecule has 1 fully saturated rings. The molecule has 1 saturated carbocycles. The zero-order chi connectivity index (χ0) is 23.1. The highest BCUT2D eigenvalue weighted by Gasteiger charge is 2.37. The molecule has 0 aliphatic heterocycles. The first-order valence-electron chi connectivity index (χ1n) is 9.65. The van der Waals surface area contributed by atoms with Gasteiger partial charge in [-0.25, -0.2) is 4.98 Å².